The molecule has 0 N–H and O–H groups in total. The van der Waals surface area contributed by atoms with Crippen molar-refractivity contribution in [2.24, 2.45) is 0 Å². The van der Waals surface area contributed by atoms with Gasteiger partial charge in [0.15, 0.2) is 0 Å². The molecule has 0 spiro atoms. The number of hydrogen-bond donors (Lipinski definition) is 0. The van der Waals surface area contributed by atoms with Crippen molar-refractivity contribution in [2.75, 3.05) is 6.54 Å². The molecule has 1 fully saturated rings. The molecule has 1 amide bonds. The van der Waals surface area contributed by atoms with E-state index in [1.165, 1.54) is 6.33 Å². The van der Waals surface area contributed by atoms with Gasteiger partial charge in [0.25, 0.3) is 0 Å². The lowest BCUT2D eigenvalue weighted by atomic mass is 10.4. The molecule has 0 aliphatic carbocycles. The van der Waals surface area contributed by atoms with E-state index in [-0.39, 0.29) is 5.91 Å². The quantitative estimate of drug-likeness (QED) is 0.786. The Bertz CT molecular complexity index is 583. The molecule has 0 saturated carbocycles. The highest BCUT2D eigenvalue weighted by molar-refractivity contribution is 7.19. The molecule has 0 unspecified atom stereocenters. The first-order valence-electron chi connectivity index (χ1n) is 5.41. The first-order valence-corrected chi connectivity index (χ1v) is 6.60. The zero-order valence-corrected chi connectivity index (χ0v) is 10.6. The van der Waals surface area contributed by atoms with E-state index < -0.39 is 0 Å². The van der Waals surface area contributed by atoms with E-state index in [9.17, 15) is 4.79 Å². The van der Waals surface area contributed by atoms with Gasteiger partial charge >= 0.3 is 0 Å². The van der Waals surface area contributed by atoms with Gasteiger partial charge in [-0.15, -0.1) is 11.3 Å². The van der Waals surface area contributed by atoms with Gasteiger partial charge in [0, 0.05) is 17.8 Å². The summed E-state index contributed by atoms with van der Waals surface area (Å²) in [6.45, 7) is 1.52. The van der Waals surface area contributed by atoms with Crippen LogP contribution in [0.3, 0.4) is 0 Å². The van der Waals surface area contributed by atoms with Crippen molar-refractivity contribution in [3.8, 4) is 0 Å². The second kappa shape index (κ2) is 4.23. The third kappa shape index (κ3) is 2.00. The SMILES string of the molecule is O=C1CCCN1Cc1cc2ncnc(Cl)c2s1. The Hall–Kier alpha value is -1.20. The number of rotatable bonds is 2. The zero-order chi connectivity index (χ0) is 11.8. The minimum absolute atomic E-state index is 0.236. The van der Waals surface area contributed by atoms with E-state index in [2.05, 4.69) is 9.97 Å². The number of hydrogen-bond acceptors (Lipinski definition) is 4. The number of likely N-dealkylation sites (tertiary alicyclic amines) is 1. The van der Waals surface area contributed by atoms with E-state index in [4.69, 9.17) is 11.6 Å². The summed E-state index contributed by atoms with van der Waals surface area (Å²) in [7, 11) is 0. The van der Waals surface area contributed by atoms with Gasteiger partial charge in [-0.3, -0.25) is 4.79 Å². The van der Waals surface area contributed by atoms with E-state index >= 15 is 0 Å². The van der Waals surface area contributed by atoms with Crippen molar-refractivity contribution >= 4 is 39.1 Å². The fraction of sp³-hybridized carbons (Fsp3) is 0.364. The molecule has 0 bridgehead atoms. The molecule has 2 aromatic heterocycles. The van der Waals surface area contributed by atoms with Crippen molar-refractivity contribution in [1.82, 2.24) is 14.9 Å². The highest BCUT2D eigenvalue weighted by Gasteiger charge is 2.21. The van der Waals surface area contributed by atoms with Crippen molar-refractivity contribution < 1.29 is 4.79 Å². The highest BCUT2D eigenvalue weighted by Crippen LogP contribution is 2.30. The van der Waals surface area contributed by atoms with Gasteiger partial charge in [-0.2, -0.15) is 0 Å². The Kier molecular flexibility index (Phi) is 2.72. The van der Waals surface area contributed by atoms with Gasteiger partial charge in [0.1, 0.15) is 11.5 Å². The highest BCUT2D eigenvalue weighted by atomic mass is 35.5. The molecular formula is C11H10ClN3OS. The minimum atomic E-state index is 0.236. The van der Waals surface area contributed by atoms with Crippen LogP contribution in [0, 0.1) is 0 Å². The maximum absolute atomic E-state index is 11.5. The molecule has 0 aromatic carbocycles. The van der Waals surface area contributed by atoms with Crippen LogP contribution in [0.15, 0.2) is 12.4 Å². The number of carbonyl (C=O) groups excluding carboxylic acids is 1. The first kappa shape index (κ1) is 10.9. The topological polar surface area (TPSA) is 46.1 Å². The van der Waals surface area contributed by atoms with Crippen LogP contribution in [0.1, 0.15) is 17.7 Å². The molecule has 1 saturated heterocycles. The van der Waals surface area contributed by atoms with Crippen LogP contribution in [0.4, 0.5) is 0 Å². The van der Waals surface area contributed by atoms with Crippen LogP contribution < -0.4 is 0 Å². The number of nitrogens with zero attached hydrogens (tertiary/aromatic N) is 3. The minimum Gasteiger partial charge on any atom is -0.338 e. The third-order valence-electron chi connectivity index (χ3n) is 2.84. The largest absolute Gasteiger partial charge is 0.338 e. The second-order valence-corrected chi connectivity index (χ2v) is 5.51. The summed E-state index contributed by atoms with van der Waals surface area (Å²) >= 11 is 7.56. The monoisotopic (exact) mass is 267 g/mol. The van der Waals surface area contributed by atoms with E-state index in [1.807, 2.05) is 11.0 Å². The van der Waals surface area contributed by atoms with Crippen molar-refractivity contribution in [1.29, 1.82) is 0 Å². The number of halogens is 1. The number of aromatic nitrogens is 2. The molecule has 0 radical (unpaired) electrons. The summed E-state index contributed by atoms with van der Waals surface area (Å²) in [6, 6.07) is 1.99. The Morgan fingerprint density at radius 2 is 2.35 bits per heavy atom. The van der Waals surface area contributed by atoms with Crippen molar-refractivity contribution in [3.63, 3.8) is 0 Å². The van der Waals surface area contributed by atoms with Gasteiger partial charge in [-0.05, 0) is 12.5 Å². The van der Waals surface area contributed by atoms with Crippen molar-refractivity contribution in [3.05, 3.63) is 22.4 Å². The van der Waals surface area contributed by atoms with Crippen LogP contribution in [0.25, 0.3) is 10.2 Å². The molecule has 88 valence electrons. The average Bonchev–Trinajstić information content (AvgIpc) is 2.87. The normalized spacial score (nSPS) is 16.1. The number of carbonyl (C=O) groups is 1. The fourth-order valence-electron chi connectivity index (χ4n) is 2.01. The number of thiophene rings is 1. The Morgan fingerprint density at radius 1 is 1.47 bits per heavy atom. The predicted molar refractivity (Wildman–Crippen MR) is 67.1 cm³/mol. The van der Waals surface area contributed by atoms with Crippen LogP contribution in [0.2, 0.25) is 5.15 Å². The van der Waals surface area contributed by atoms with Crippen LogP contribution >= 0.6 is 22.9 Å². The standard InChI is InChI=1S/C11H10ClN3OS/c12-11-10-8(13-6-14-11)4-7(17-10)5-15-3-1-2-9(15)16/h4,6H,1-3,5H2. The molecule has 1 aliphatic rings. The van der Waals surface area contributed by atoms with Gasteiger partial charge in [-0.25, -0.2) is 9.97 Å². The molecule has 0 atom stereocenters. The fourth-order valence-corrected chi connectivity index (χ4v) is 3.27. The summed E-state index contributed by atoms with van der Waals surface area (Å²) in [4.78, 5) is 22.6. The molecule has 6 heteroatoms. The van der Waals surface area contributed by atoms with Gasteiger partial charge in [-0.1, -0.05) is 11.6 Å². The van der Waals surface area contributed by atoms with Gasteiger partial charge < -0.3 is 4.90 Å². The summed E-state index contributed by atoms with van der Waals surface area (Å²) in [5.74, 6) is 0.236. The maximum atomic E-state index is 11.5. The number of fused-ring (bicyclic) bond motifs is 1. The number of amides is 1. The predicted octanol–water partition coefficient (Wildman–Crippen LogP) is 2.47. The smallest absolute Gasteiger partial charge is 0.222 e. The molecule has 3 heterocycles. The molecule has 4 nitrogen and oxygen atoms in total. The van der Waals surface area contributed by atoms with Crippen LogP contribution in [-0.2, 0) is 11.3 Å². The average molecular weight is 268 g/mol. The summed E-state index contributed by atoms with van der Waals surface area (Å²) in [5.41, 5.74) is 0.858. The molecule has 17 heavy (non-hydrogen) atoms. The van der Waals surface area contributed by atoms with E-state index in [0.717, 1.165) is 28.1 Å². The zero-order valence-electron chi connectivity index (χ0n) is 9.02. The first-order chi connectivity index (χ1) is 8.24. The molecule has 2 aromatic rings. The van der Waals surface area contributed by atoms with E-state index in [1.54, 1.807) is 11.3 Å². The van der Waals surface area contributed by atoms with E-state index in [0.29, 0.717) is 18.1 Å². The second-order valence-electron chi connectivity index (χ2n) is 4.01. The summed E-state index contributed by atoms with van der Waals surface area (Å²) in [5, 5.41) is 0.485. The Labute approximate surface area is 107 Å². The van der Waals surface area contributed by atoms with Gasteiger partial charge in [0.05, 0.1) is 16.8 Å². The lowest BCUT2D eigenvalue weighted by molar-refractivity contribution is -0.128. The van der Waals surface area contributed by atoms with Crippen LogP contribution in [-0.4, -0.2) is 27.3 Å². The van der Waals surface area contributed by atoms with Gasteiger partial charge in [0.2, 0.25) is 5.91 Å². The third-order valence-corrected chi connectivity index (χ3v) is 4.35. The Balaban J connectivity index is 1.91. The summed E-state index contributed by atoms with van der Waals surface area (Å²) in [6.07, 6.45) is 3.10. The lowest BCUT2D eigenvalue weighted by Crippen LogP contribution is -2.23. The molecular weight excluding hydrogens is 258 g/mol. The Morgan fingerprint density at radius 3 is 3.06 bits per heavy atom. The maximum Gasteiger partial charge on any atom is 0.222 e. The molecule has 3 rings (SSSR count). The van der Waals surface area contributed by atoms with Crippen LogP contribution in [0.5, 0.6) is 0 Å². The lowest BCUT2D eigenvalue weighted by Gasteiger charge is -2.13. The molecule has 1 aliphatic heterocycles. The van der Waals surface area contributed by atoms with Crippen molar-refractivity contribution in [2.45, 2.75) is 19.4 Å². The summed E-state index contributed by atoms with van der Waals surface area (Å²) < 4.78 is 0.899.